The van der Waals surface area contributed by atoms with Crippen LogP contribution < -0.4 is 15.5 Å². The summed E-state index contributed by atoms with van der Waals surface area (Å²) in [5.74, 6) is 1.30. The SMILES string of the molecule is COc1cnc(N=C[NH+]=CN)c2[nH]ccc12. The van der Waals surface area contributed by atoms with Gasteiger partial charge in [-0.2, -0.15) is 0 Å². The number of aliphatic imine (C=N–C) groups is 1. The number of aromatic nitrogens is 2. The van der Waals surface area contributed by atoms with E-state index in [1.165, 1.54) is 12.7 Å². The van der Waals surface area contributed by atoms with Gasteiger partial charge in [0.15, 0.2) is 6.34 Å². The molecule has 6 heteroatoms. The van der Waals surface area contributed by atoms with Crippen LogP contribution in [-0.4, -0.2) is 29.8 Å². The van der Waals surface area contributed by atoms with Crippen LogP contribution in [0.3, 0.4) is 0 Å². The third-order valence-electron chi connectivity index (χ3n) is 2.12. The van der Waals surface area contributed by atoms with Gasteiger partial charge in [0.2, 0.25) is 6.34 Å². The van der Waals surface area contributed by atoms with Gasteiger partial charge in [0.1, 0.15) is 11.3 Å². The van der Waals surface area contributed by atoms with Crippen LogP contribution in [0.4, 0.5) is 5.82 Å². The Hall–Kier alpha value is -2.37. The van der Waals surface area contributed by atoms with Gasteiger partial charge in [0, 0.05) is 11.6 Å². The van der Waals surface area contributed by atoms with E-state index in [0.717, 1.165) is 10.9 Å². The van der Waals surface area contributed by atoms with Gasteiger partial charge in [-0.1, -0.05) is 4.99 Å². The molecule has 0 atom stereocenters. The van der Waals surface area contributed by atoms with Crippen LogP contribution in [0.5, 0.6) is 5.75 Å². The number of aromatic amines is 1. The minimum Gasteiger partial charge on any atom is -0.494 e. The topological polar surface area (TPSA) is 90.3 Å². The molecule has 0 aliphatic rings. The molecule has 0 amide bonds. The lowest BCUT2D eigenvalue weighted by atomic mass is 10.3. The second kappa shape index (κ2) is 4.43. The van der Waals surface area contributed by atoms with E-state index in [4.69, 9.17) is 10.5 Å². The number of H-pyrrole nitrogens is 1. The molecule has 0 aliphatic carbocycles. The van der Waals surface area contributed by atoms with Crippen molar-refractivity contribution in [3.63, 3.8) is 0 Å². The van der Waals surface area contributed by atoms with E-state index in [1.54, 1.807) is 13.3 Å². The Morgan fingerprint density at radius 2 is 2.50 bits per heavy atom. The lowest BCUT2D eigenvalue weighted by Crippen LogP contribution is -2.68. The average molecular weight is 218 g/mol. The number of nitrogens with one attached hydrogen (secondary N) is 2. The fraction of sp³-hybridized carbons (Fsp3) is 0.100. The zero-order valence-corrected chi connectivity index (χ0v) is 8.77. The summed E-state index contributed by atoms with van der Waals surface area (Å²) in [6.07, 6.45) is 6.21. The summed E-state index contributed by atoms with van der Waals surface area (Å²) in [7, 11) is 1.61. The zero-order chi connectivity index (χ0) is 11.4. The minimum absolute atomic E-state index is 0.579. The van der Waals surface area contributed by atoms with Crippen molar-refractivity contribution < 1.29 is 9.73 Å². The molecule has 2 heterocycles. The Morgan fingerprint density at radius 3 is 3.25 bits per heavy atom. The summed E-state index contributed by atoms with van der Waals surface area (Å²) >= 11 is 0. The van der Waals surface area contributed by atoms with Crippen molar-refractivity contribution in [3.8, 4) is 5.75 Å². The van der Waals surface area contributed by atoms with Crippen molar-refractivity contribution in [2.24, 2.45) is 10.7 Å². The molecular formula is C10H12N5O+. The summed E-state index contributed by atoms with van der Waals surface area (Å²) in [6.45, 7) is 0. The van der Waals surface area contributed by atoms with Gasteiger partial charge in [-0.15, -0.1) is 0 Å². The van der Waals surface area contributed by atoms with Crippen LogP contribution in [0.15, 0.2) is 23.5 Å². The van der Waals surface area contributed by atoms with E-state index >= 15 is 0 Å². The molecule has 2 aromatic heterocycles. The standard InChI is InChI=1S/C10H11N5O/c1-16-8-4-14-10(15-6-12-5-11)9-7(8)2-3-13-9/h2-6,13H,1H3,(H2,11,12,14,15)/p+1. The average Bonchev–Trinajstić information content (AvgIpc) is 2.79. The summed E-state index contributed by atoms with van der Waals surface area (Å²) in [6, 6.07) is 1.91. The molecule has 6 nitrogen and oxygen atoms in total. The third-order valence-corrected chi connectivity index (χ3v) is 2.12. The highest BCUT2D eigenvalue weighted by Crippen LogP contribution is 2.29. The van der Waals surface area contributed by atoms with Gasteiger partial charge in [0.25, 0.3) is 5.82 Å². The third kappa shape index (κ3) is 1.72. The highest BCUT2D eigenvalue weighted by atomic mass is 16.5. The molecule has 0 saturated carbocycles. The molecule has 82 valence electrons. The van der Waals surface area contributed by atoms with Crippen molar-refractivity contribution in [1.29, 1.82) is 0 Å². The predicted octanol–water partition coefficient (Wildman–Crippen LogP) is -0.701. The van der Waals surface area contributed by atoms with E-state index in [0.29, 0.717) is 11.6 Å². The number of hydrogen-bond acceptors (Lipinski definition) is 3. The molecule has 0 spiro atoms. The summed E-state index contributed by atoms with van der Waals surface area (Å²) in [4.78, 5) is 14.0. The number of ether oxygens (including phenoxy) is 1. The molecule has 0 fully saturated rings. The monoisotopic (exact) mass is 218 g/mol. The van der Waals surface area contributed by atoms with Crippen molar-refractivity contribution in [2.75, 3.05) is 7.11 Å². The second-order valence-electron chi connectivity index (χ2n) is 3.01. The highest BCUT2D eigenvalue weighted by molar-refractivity contribution is 5.92. The Labute approximate surface area is 91.9 Å². The van der Waals surface area contributed by atoms with Gasteiger partial charge >= 0.3 is 0 Å². The molecular weight excluding hydrogens is 206 g/mol. The molecule has 4 N–H and O–H groups in total. The highest BCUT2D eigenvalue weighted by Gasteiger charge is 2.09. The Morgan fingerprint density at radius 1 is 1.62 bits per heavy atom. The fourth-order valence-corrected chi connectivity index (χ4v) is 1.42. The zero-order valence-electron chi connectivity index (χ0n) is 8.77. The molecule has 0 aromatic carbocycles. The van der Waals surface area contributed by atoms with Gasteiger partial charge in [-0.05, 0) is 6.07 Å². The van der Waals surface area contributed by atoms with Gasteiger partial charge in [0.05, 0.1) is 13.3 Å². The van der Waals surface area contributed by atoms with Crippen molar-refractivity contribution in [3.05, 3.63) is 18.5 Å². The smallest absolute Gasteiger partial charge is 0.252 e. The first-order valence-corrected chi connectivity index (χ1v) is 4.69. The maximum absolute atomic E-state index is 5.19. The normalized spacial score (nSPS) is 11.8. The van der Waals surface area contributed by atoms with E-state index in [2.05, 4.69) is 20.0 Å². The lowest BCUT2D eigenvalue weighted by molar-refractivity contribution is -0.298. The van der Waals surface area contributed by atoms with E-state index in [-0.39, 0.29) is 0 Å². The summed E-state index contributed by atoms with van der Waals surface area (Å²) in [5.41, 5.74) is 5.98. The number of nitrogens with two attached hydrogens (primary N) is 1. The molecule has 16 heavy (non-hydrogen) atoms. The first kappa shape index (κ1) is 10.2. The van der Waals surface area contributed by atoms with E-state index in [1.807, 2.05) is 12.3 Å². The van der Waals surface area contributed by atoms with Gasteiger partial charge < -0.3 is 15.5 Å². The lowest BCUT2D eigenvalue weighted by Gasteiger charge is -2.00. The maximum atomic E-state index is 5.19. The molecule has 0 bridgehead atoms. The fourth-order valence-electron chi connectivity index (χ4n) is 1.42. The quantitative estimate of drug-likeness (QED) is 0.470. The van der Waals surface area contributed by atoms with Gasteiger partial charge in [-0.3, -0.25) is 4.99 Å². The molecule has 0 radical (unpaired) electrons. The Bertz CT molecular complexity index is 543. The van der Waals surface area contributed by atoms with Crippen molar-refractivity contribution >= 4 is 29.4 Å². The van der Waals surface area contributed by atoms with Crippen LogP contribution >= 0.6 is 0 Å². The number of rotatable bonds is 3. The second-order valence-corrected chi connectivity index (χ2v) is 3.01. The summed E-state index contributed by atoms with van der Waals surface area (Å²) in [5, 5.41) is 0.946. The van der Waals surface area contributed by atoms with E-state index < -0.39 is 0 Å². The van der Waals surface area contributed by atoms with E-state index in [9.17, 15) is 0 Å². The number of fused-ring (bicyclic) bond motifs is 1. The Balaban J connectivity index is 2.51. The summed E-state index contributed by atoms with van der Waals surface area (Å²) < 4.78 is 5.19. The van der Waals surface area contributed by atoms with Gasteiger partial charge in [-0.25, -0.2) is 4.98 Å². The van der Waals surface area contributed by atoms with Crippen LogP contribution in [0.2, 0.25) is 0 Å². The van der Waals surface area contributed by atoms with Crippen molar-refractivity contribution in [2.45, 2.75) is 0 Å². The minimum atomic E-state index is 0.579. The molecule has 0 aliphatic heterocycles. The number of methoxy groups -OCH3 is 1. The van der Waals surface area contributed by atoms with Crippen LogP contribution in [0, 0.1) is 0 Å². The number of nitrogens with zero attached hydrogens (tertiary/aromatic N) is 2. The first-order valence-electron chi connectivity index (χ1n) is 4.69. The van der Waals surface area contributed by atoms with Crippen LogP contribution in [0.25, 0.3) is 10.9 Å². The largest absolute Gasteiger partial charge is 0.494 e. The number of pyridine rings is 1. The molecule has 0 saturated heterocycles. The molecule has 2 aromatic rings. The Kier molecular flexibility index (Phi) is 2.81. The molecule has 2 rings (SSSR count). The first-order chi connectivity index (χ1) is 7.86. The number of hydrogen-bond donors (Lipinski definition) is 3. The molecule has 0 unspecified atom stereocenters. The maximum Gasteiger partial charge on any atom is 0.252 e. The van der Waals surface area contributed by atoms with Crippen molar-refractivity contribution in [1.82, 2.24) is 9.97 Å². The van der Waals surface area contributed by atoms with Crippen LogP contribution in [-0.2, 0) is 0 Å². The van der Waals surface area contributed by atoms with Crippen LogP contribution in [0.1, 0.15) is 0 Å². The predicted molar refractivity (Wildman–Crippen MR) is 62.0 cm³/mol.